The topological polar surface area (TPSA) is 29.5 Å². The Morgan fingerprint density at radius 1 is 1.31 bits per heavy atom. The van der Waals surface area contributed by atoms with Crippen molar-refractivity contribution in [3.63, 3.8) is 0 Å². The van der Waals surface area contributed by atoms with Crippen LogP contribution >= 0.6 is 11.6 Å². The molecule has 2 nitrogen and oxygen atoms in total. The largest absolute Gasteiger partial charge is 0.488 e. The lowest BCUT2D eigenvalue weighted by molar-refractivity contribution is 0.00673. The maximum atomic E-state index is 13.2. The van der Waals surface area contributed by atoms with Gasteiger partial charge >= 0.3 is 0 Å². The molecule has 0 saturated heterocycles. The fraction of sp³-hybridized carbons (Fsp3) is 0.500. The lowest BCUT2D eigenvalue weighted by Crippen LogP contribution is -2.34. The smallest absolute Gasteiger partial charge is 0.145 e. The zero-order valence-corrected chi connectivity index (χ0v) is 9.58. The third-order valence-electron chi connectivity index (χ3n) is 2.85. The summed E-state index contributed by atoms with van der Waals surface area (Å²) in [6.45, 7) is 0. The Balaban J connectivity index is 2.05. The molecule has 1 N–H and O–H groups in total. The van der Waals surface area contributed by atoms with E-state index in [0.29, 0.717) is 5.75 Å². The second-order valence-electron chi connectivity index (χ2n) is 4.08. The van der Waals surface area contributed by atoms with Crippen molar-refractivity contribution < 1.29 is 14.2 Å². The first-order valence-electron chi connectivity index (χ1n) is 5.46. The van der Waals surface area contributed by atoms with Crippen LogP contribution in [0, 0.1) is 5.82 Å². The highest BCUT2D eigenvalue weighted by Gasteiger charge is 2.24. The summed E-state index contributed by atoms with van der Waals surface area (Å²) in [6, 6.07) is 4.33. The number of halogens is 2. The molecule has 4 heteroatoms. The SMILES string of the molecule is O[C@@H]1CCCC[C@H]1Oc1ccc(Cl)c(F)c1. The van der Waals surface area contributed by atoms with E-state index < -0.39 is 11.9 Å². The standard InChI is InChI=1S/C12H14ClFO2/c13-9-6-5-8(7-10(9)14)16-12-4-2-1-3-11(12)15/h5-7,11-12,15H,1-4H2/t11-,12-/m1/s1. The summed E-state index contributed by atoms with van der Waals surface area (Å²) in [6.07, 6.45) is 2.95. The minimum Gasteiger partial charge on any atom is -0.488 e. The van der Waals surface area contributed by atoms with E-state index >= 15 is 0 Å². The van der Waals surface area contributed by atoms with E-state index in [-0.39, 0.29) is 11.1 Å². The zero-order valence-electron chi connectivity index (χ0n) is 8.83. The normalized spacial score (nSPS) is 25.4. The molecule has 0 heterocycles. The fourth-order valence-electron chi connectivity index (χ4n) is 1.94. The Kier molecular flexibility index (Phi) is 3.66. The van der Waals surface area contributed by atoms with Gasteiger partial charge in [-0.25, -0.2) is 4.39 Å². The number of aliphatic hydroxyl groups is 1. The third kappa shape index (κ3) is 2.66. The molecule has 0 aromatic heterocycles. The van der Waals surface area contributed by atoms with E-state index in [1.807, 2.05) is 0 Å². The molecular weight excluding hydrogens is 231 g/mol. The fourth-order valence-corrected chi connectivity index (χ4v) is 2.06. The molecule has 1 fully saturated rings. The second-order valence-corrected chi connectivity index (χ2v) is 4.49. The van der Waals surface area contributed by atoms with E-state index in [2.05, 4.69) is 0 Å². The molecule has 88 valence electrons. The molecule has 1 aromatic rings. The van der Waals surface area contributed by atoms with Crippen molar-refractivity contribution in [2.45, 2.75) is 37.9 Å². The van der Waals surface area contributed by atoms with Crippen molar-refractivity contribution in [3.8, 4) is 5.75 Å². The van der Waals surface area contributed by atoms with Gasteiger partial charge in [0.15, 0.2) is 0 Å². The quantitative estimate of drug-likeness (QED) is 0.866. The summed E-state index contributed by atoms with van der Waals surface area (Å²) >= 11 is 5.57. The molecule has 2 rings (SSSR count). The maximum absolute atomic E-state index is 13.2. The Morgan fingerprint density at radius 2 is 2.06 bits per heavy atom. The molecular formula is C12H14ClFO2. The molecule has 0 spiro atoms. The van der Waals surface area contributed by atoms with Crippen LogP contribution in [0.5, 0.6) is 5.75 Å². The van der Waals surface area contributed by atoms with Crippen molar-refractivity contribution >= 4 is 11.6 Å². The Labute approximate surface area is 99.0 Å². The number of benzene rings is 1. The van der Waals surface area contributed by atoms with Crippen LogP contribution < -0.4 is 4.74 Å². The van der Waals surface area contributed by atoms with Gasteiger partial charge in [0.1, 0.15) is 17.7 Å². The molecule has 0 aliphatic heterocycles. The molecule has 1 aromatic carbocycles. The van der Waals surface area contributed by atoms with Gasteiger partial charge in [0.2, 0.25) is 0 Å². The number of ether oxygens (including phenoxy) is 1. The Bertz CT molecular complexity index is 370. The first kappa shape index (κ1) is 11.7. The average Bonchev–Trinajstić information content (AvgIpc) is 2.27. The average molecular weight is 245 g/mol. The van der Waals surface area contributed by atoms with Gasteiger partial charge in [-0.3, -0.25) is 0 Å². The summed E-state index contributed by atoms with van der Waals surface area (Å²) in [7, 11) is 0. The van der Waals surface area contributed by atoms with Crippen LogP contribution in [0.25, 0.3) is 0 Å². The minimum atomic E-state index is -0.496. The number of aliphatic hydroxyl groups excluding tert-OH is 1. The molecule has 0 unspecified atom stereocenters. The van der Waals surface area contributed by atoms with Gasteiger partial charge in [-0.15, -0.1) is 0 Å². The highest BCUT2D eigenvalue weighted by molar-refractivity contribution is 6.30. The van der Waals surface area contributed by atoms with E-state index in [0.717, 1.165) is 25.7 Å². The van der Waals surface area contributed by atoms with Gasteiger partial charge < -0.3 is 9.84 Å². The lowest BCUT2D eigenvalue weighted by Gasteiger charge is -2.28. The van der Waals surface area contributed by atoms with Gasteiger partial charge in [-0.1, -0.05) is 18.0 Å². The van der Waals surface area contributed by atoms with Crippen molar-refractivity contribution in [1.29, 1.82) is 0 Å². The lowest BCUT2D eigenvalue weighted by atomic mass is 9.95. The summed E-state index contributed by atoms with van der Waals surface area (Å²) < 4.78 is 18.7. The van der Waals surface area contributed by atoms with E-state index in [1.54, 1.807) is 6.07 Å². The number of hydrogen-bond donors (Lipinski definition) is 1. The van der Waals surface area contributed by atoms with Gasteiger partial charge in [0.25, 0.3) is 0 Å². The monoisotopic (exact) mass is 244 g/mol. The maximum Gasteiger partial charge on any atom is 0.145 e. The number of rotatable bonds is 2. The molecule has 16 heavy (non-hydrogen) atoms. The Hall–Kier alpha value is -0.800. The van der Waals surface area contributed by atoms with Crippen molar-refractivity contribution in [1.82, 2.24) is 0 Å². The molecule has 1 aliphatic rings. The summed E-state index contributed by atoms with van der Waals surface area (Å²) in [5.41, 5.74) is 0. The van der Waals surface area contributed by atoms with Crippen LogP contribution in [-0.2, 0) is 0 Å². The van der Waals surface area contributed by atoms with Crippen LogP contribution in [0.2, 0.25) is 5.02 Å². The highest BCUT2D eigenvalue weighted by Crippen LogP contribution is 2.26. The number of hydrogen-bond acceptors (Lipinski definition) is 2. The van der Waals surface area contributed by atoms with Crippen molar-refractivity contribution in [2.24, 2.45) is 0 Å². The second kappa shape index (κ2) is 5.02. The molecule has 0 bridgehead atoms. The summed E-state index contributed by atoms with van der Waals surface area (Å²) in [5, 5.41) is 9.79. The molecule has 1 saturated carbocycles. The molecule has 1 aliphatic carbocycles. The van der Waals surface area contributed by atoms with Crippen LogP contribution in [-0.4, -0.2) is 17.3 Å². The van der Waals surface area contributed by atoms with Crippen molar-refractivity contribution in [3.05, 3.63) is 29.0 Å². The van der Waals surface area contributed by atoms with Crippen LogP contribution in [0.4, 0.5) is 4.39 Å². The first-order valence-corrected chi connectivity index (χ1v) is 5.84. The summed E-state index contributed by atoms with van der Waals surface area (Å²) in [4.78, 5) is 0. The van der Waals surface area contributed by atoms with Crippen LogP contribution in [0.3, 0.4) is 0 Å². The summed E-state index contributed by atoms with van der Waals surface area (Å²) in [5.74, 6) is -0.0719. The van der Waals surface area contributed by atoms with E-state index in [4.69, 9.17) is 16.3 Å². The Morgan fingerprint density at radius 3 is 2.75 bits per heavy atom. The predicted molar refractivity (Wildman–Crippen MR) is 60.3 cm³/mol. The van der Waals surface area contributed by atoms with Gasteiger partial charge in [0, 0.05) is 6.07 Å². The van der Waals surface area contributed by atoms with Crippen molar-refractivity contribution in [2.75, 3.05) is 0 Å². The van der Waals surface area contributed by atoms with Gasteiger partial charge in [0.05, 0.1) is 11.1 Å². The first-order chi connectivity index (χ1) is 7.66. The predicted octanol–water partition coefficient (Wildman–Crippen LogP) is 3.16. The van der Waals surface area contributed by atoms with E-state index in [1.165, 1.54) is 12.1 Å². The third-order valence-corrected chi connectivity index (χ3v) is 3.15. The highest BCUT2D eigenvalue weighted by atomic mass is 35.5. The van der Waals surface area contributed by atoms with Crippen LogP contribution in [0.1, 0.15) is 25.7 Å². The van der Waals surface area contributed by atoms with E-state index in [9.17, 15) is 9.50 Å². The molecule has 0 radical (unpaired) electrons. The molecule has 2 atom stereocenters. The zero-order chi connectivity index (χ0) is 11.5. The minimum absolute atomic E-state index is 0.0801. The van der Waals surface area contributed by atoms with Crippen LogP contribution in [0.15, 0.2) is 18.2 Å². The van der Waals surface area contributed by atoms with Gasteiger partial charge in [-0.05, 0) is 31.4 Å². The molecule has 0 amide bonds. The van der Waals surface area contributed by atoms with Gasteiger partial charge in [-0.2, -0.15) is 0 Å².